The van der Waals surface area contributed by atoms with Crippen LogP contribution in [0.25, 0.3) is 33.2 Å². The van der Waals surface area contributed by atoms with Crippen LogP contribution in [0.1, 0.15) is 11.3 Å². The Kier molecular flexibility index (Phi) is 4.78. The Morgan fingerprint density at radius 3 is 2.20 bits per heavy atom. The minimum atomic E-state index is -4.55. The smallest absolute Gasteiger partial charge is 0.416 e. The van der Waals surface area contributed by atoms with E-state index in [0.717, 1.165) is 12.1 Å². The molecule has 4 aromatic rings. The molecule has 0 saturated carbocycles. The molecule has 0 aliphatic rings. The molecule has 0 aliphatic heterocycles. The van der Waals surface area contributed by atoms with Crippen molar-refractivity contribution >= 4 is 22.4 Å². The van der Waals surface area contributed by atoms with Crippen molar-refractivity contribution < 1.29 is 22.0 Å². The second-order valence-corrected chi connectivity index (χ2v) is 7.03. The summed E-state index contributed by atoms with van der Waals surface area (Å²) in [7, 11) is 0. The first kappa shape index (κ1) is 20.0. The van der Waals surface area contributed by atoms with Gasteiger partial charge in [-0.2, -0.15) is 13.2 Å². The van der Waals surface area contributed by atoms with Gasteiger partial charge in [-0.1, -0.05) is 23.7 Å². The van der Waals surface area contributed by atoms with Crippen LogP contribution in [-0.2, 0) is 6.18 Å². The quantitative estimate of drug-likeness (QED) is 0.386. The molecular formula is C22H12ClF3O4. The Morgan fingerprint density at radius 1 is 0.867 bits per heavy atom. The molecule has 2 heterocycles. The zero-order valence-electron chi connectivity index (χ0n) is 15.3. The fourth-order valence-corrected chi connectivity index (χ4v) is 3.41. The second kappa shape index (κ2) is 7.18. The zero-order valence-corrected chi connectivity index (χ0v) is 16.1. The average molecular weight is 433 g/mol. The van der Waals surface area contributed by atoms with Crippen LogP contribution < -0.4 is 11.3 Å². The van der Waals surface area contributed by atoms with E-state index in [1.165, 1.54) is 25.1 Å². The molecule has 8 heteroatoms. The maximum atomic E-state index is 13.2. The molecule has 0 atom stereocenters. The van der Waals surface area contributed by atoms with Crippen molar-refractivity contribution in [3.63, 3.8) is 0 Å². The molecule has 30 heavy (non-hydrogen) atoms. The summed E-state index contributed by atoms with van der Waals surface area (Å²) in [4.78, 5) is 24.8. The summed E-state index contributed by atoms with van der Waals surface area (Å²) in [6, 6.07) is 12.5. The lowest BCUT2D eigenvalue weighted by atomic mass is 9.97. The fourth-order valence-electron chi connectivity index (χ4n) is 3.28. The van der Waals surface area contributed by atoms with E-state index in [2.05, 4.69) is 0 Å². The largest absolute Gasteiger partial charge is 0.427 e. The first-order valence-electron chi connectivity index (χ1n) is 8.70. The number of hydrogen-bond acceptors (Lipinski definition) is 4. The lowest BCUT2D eigenvalue weighted by Crippen LogP contribution is -2.14. The van der Waals surface area contributed by atoms with E-state index in [0.29, 0.717) is 10.6 Å². The Hall–Kier alpha value is -3.32. The van der Waals surface area contributed by atoms with Crippen LogP contribution in [0.15, 0.2) is 73.0 Å². The van der Waals surface area contributed by atoms with Gasteiger partial charge in [0.2, 0.25) is 0 Å². The van der Waals surface area contributed by atoms with E-state index < -0.39 is 23.0 Å². The molecule has 2 aromatic carbocycles. The Labute approximate surface area is 172 Å². The van der Waals surface area contributed by atoms with Crippen molar-refractivity contribution in [3.05, 3.63) is 91.8 Å². The van der Waals surface area contributed by atoms with E-state index >= 15 is 0 Å². The molecule has 0 spiro atoms. The first-order valence-corrected chi connectivity index (χ1v) is 9.08. The highest BCUT2D eigenvalue weighted by Gasteiger charge is 2.31. The lowest BCUT2D eigenvalue weighted by Gasteiger charge is -2.12. The average Bonchev–Trinajstić information content (AvgIpc) is 2.67. The molecule has 4 nitrogen and oxygen atoms in total. The molecular weight excluding hydrogens is 421 g/mol. The number of benzene rings is 2. The summed E-state index contributed by atoms with van der Waals surface area (Å²) in [6.07, 6.45) is -4.55. The van der Waals surface area contributed by atoms with Crippen molar-refractivity contribution in [3.8, 4) is 22.5 Å². The van der Waals surface area contributed by atoms with Gasteiger partial charge in [-0.15, -0.1) is 0 Å². The van der Waals surface area contributed by atoms with Gasteiger partial charge in [-0.3, -0.25) is 0 Å². The van der Waals surface area contributed by atoms with E-state index in [4.69, 9.17) is 20.4 Å². The third-order valence-electron chi connectivity index (χ3n) is 4.63. The predicted molar refractivity (Wildman–Crippen MR) is 107 cm³/mol. The molecule has 0 radical (unpaired) electrons. The van der Waals surface area contributed by atoms with Gasteiger partial charge in [0.1, 0.15) is 11.5 Å². The summed E-state index contributed by atoms with van der Waals surface area (Å²) >= 11 is 5.89. The topological polar surface area (TPSA) is 60.4 Å². The summed E-state index contributed by atoms with van der Waals surface area (Å²) in [5, 5.41) is 0.248. The maximum Gasteiger partial charge on any atom is 0.416 e. The third kappa shape index (κ3) is 3.52. The summed E-state index contributed by atoms with van der Waals surface area (Å²) < 4.78 is 50.0. The third-order valence-corrected chi connectivity index (χ3v) is 4.88. The van der Waals surface area contributed by atoms with Crippen LogP contribution in [0.3, 0.4) is 0 Å². The Morgan fingerprint density at radius 2 is 1.53 bits per heavy atom. The Bertz CT molecular complexity index is 1380. The van der Waals surface area contributed by atoms with Crippen molar-refractivity contribution in [2.75, 3.05) is 0 Å². The molecule has 0 fully saturated rings. The molecule has 152 valence electrons. The van der Waals surface area contributed by atoms with Crippen molar-refractivity contribution in [2.24, 2.45) is 0 Å². The van der Waals surface area contributed by atoms with Gasteiger partial charge in [-0.05, 0) is 55.0 Å². The molecule has 2 aromatic heterocycles. The molecule has 0 unspecified atom stereocenters. The van der Waals surface area contributed by atoms with Gasteiger partial charge in [0.25, 0.3) is 0 Å². The zero-order chi connectivity index (χ0) is 21.6. The number of halogens is 4. The van der Waals surface area contributed by atoms with Crippen molar-refractivity contribution in [1.29, 1.82) is 0 Å². The molecule has 0 amide bonds. The normalized spacial score (nSPS) is 11.8. The Balaban J connectivity index is 2.06. The SMILES string of the molecule is Cc1oc(=O)c2c(=O)oc(-c3ccc(Cl)cc3)cc2c1-c1cccc(C(F)(F)F)c1. The van der Waals surface area contributed by atoms with Gasteiger partial charge in [0.05, 0.1) is 5.56 Å². The van der Waals surface area contributed by atoms with Crippen LogP contribution in [0.2, 0.25) is 5.02 Å². The lowest BCUT2D eigenvalue weighted by molar-refractivity contribution is -0.137. The number of rotatable bonds is 2. The summed E-state index contributed by atoms with van der Waals surface area (Å²) in [6.45, 7) is 1.45. The minimum absolute atomic E-state index is 0.0829. The van der Waals surface area contributed by atoms with Gasteiger partial charge in [0, 0.05) is 21.5 Å². The van der Waals surface area contributed by atoms with Gasteiger partial charge >= 0.3 is 17.4 Å². The number of alkyl halides is 3. The van der Waals surface area contributed by atoms with E-state index in [9.17, 15) is 22.8 Å². The first-order chi connectivity index (χ1) is 14.1. The monoisotopic (exact) mass is 432 g/mol. The molecule has 0 N–H and O–H groups in total. The van der Waals surface area contributed by atoms with Gasteiger partial charge in [-0.25, -0.2) is 9.59 Å². The van der Waals surface area contributed by atoms with Crippen LogP contribution in [0, 0.1) is 6.92 Å². The van der Waals surface area contributed by atoms with E-state index in [1.54, 1.807) is 24.3 Å². The fraction of sp³-hybridized carbons (Fsp3) is 0.0909. The standard InChI is InChI=1S/C22H12ClF3O4/c1-11-18(13-3-2-4-14(9-13)22(24,25)26)16-10-17(12-5-7-15(23)8-6-12)30-21(28)19(16)20(27)29-11/h2-10H,1H3. The highest BCUT2D eigenvalue weighted by molar-refractivity contribution is 6.30. The van der Waals surface area contributed by atoms with Crippen LogP contribution in [0.4, 0.5) is 13.2 Å². The van der Waals surface area contributed by atoms with Crippen LogP contribution >= 0.6 is 11.6 Å². The maximum absolute atomic E-state index is 13.2. The highest BCUT2D eigenvalue weighted by Crippen LogP contribution is 2.36. The minimum Gasteiger partial charge on any atom is -0.427 e. The number of hydrogen-bond donors (Lipinski definition) is 0. The van der Waals surface area contributed by atoms with Crippen LogP contribution in [0.5, 0.6) is 0 Å². The van der Waals surface area contributed by atoms with Crippen LogP contribution in [-0.4, -0.2) is 0 Å². The van der Waals surface area contributed by atoms with E-state index in [-0.39, 0.29) is 33.4 Å². The number of aryl methyl sites for hydroxylation is 1. The molecule has 0 aliphatic carbocycles. The van der Waals surface area contributed by atoms with Crippen molar-refractivity contribution in [1.82, 2.24) is 0 Å². The summed E-state index contributed by atoms with van der Waals surface area (Å²) in [5.41, 5.74) is -1.85. The second-order valence-electron chi connectivity index (χ2n) is 6.59. The molecule has 0 bridgehead atoms. The molecule has 4 rings (SSSR count). The van der Waals surface area contributed by atoms with Gasteiger partial charge < -0.3 is 8.83 Å². The van der Waals surface area contributed by atoms with E-state index in [1.807, 2.05) is 0 Å². The number of fused-ring (bicyclic) bond motifs is 1. The summed E-state index contributed by atoms with van der Waals surface area (Å²) in [5.74, 6) is 0.224. The highest BCUT2D eigenvalue weighted by atomic mass is 35.5. The molecule has 0 saturated heterocycles. The predicted octanol–water partition coefficient (Wildman–Crippen LogP) is 6.06. The van der Waals surface area contributed by atoms with Gasteiger partial charge in [0.15, 0.2) is 5.39 Å². The van der Waals surface area contributed by atoms with Crippen molar-refractivity contribution in [2.45, 2.75) is 13.1 Å².